The Labute approximate surface area is 209 Å². The van der Waals surface area contributed by atoms with Crippen LogP contribution in [0.25, 0.3) is 11.0 Å². The highest BCUT2D eigenvalue weighted by Crippen LogP contribution is 2.44. The Morgan fingerprint density at radius 1 is 0.972 bits per heavy atom. The molecule has 36 heavy (non-hydrogen) atoms. The largest absolute Gasteiger partial charge is 0.497 e. The van der Waals surface area contributed by atoms with Gasteiger partial charge in [-0.15, -0.1) is 0 Å². The van der Waals surface area contributed by atoms with Gasteiger partial charge in [0.1, 0.15) is 11.3 Å². The average Bonchev–Trinajstić information content (AvgIpc) is 3.19. The predicted octanol–water partition coefficient (Wildman–Crippen LogP) is 3.09. The van der Waals surface area contributed by atoms with E-state index in [0.29, 0.717) is 59.1 Å². The Morgan fingerprint density at radius 2 is 1.78 bits per heavy atom. The lowest BCUT2D eigenvalue weighted by atomic mass is 9.97. The second-order valence-corrected chi connectivity index (χ2v) is 8.83. The molecule has 0 unspecified atom stereocenters. The number of amides is 1. The lowest BCUT2D eigenvalue weighted by Gasteiger charge is -2.29. The van der Waals surface area contributed by atoms with Crippen molar-refractivity contribution in [3.8, 4) is 17.2 Å². The van der Waals surface area contributed by atoms with E-state index in [2.05, 4.69) is 4.90 Å². The monoisotopic (exact) mass is 494 g/mol. The van der Waals surface area contributed by atoms with Crippen LogP contribution in [0.2, 0.25) is 0 Å². The van der Waals surface area contributed by atoms with Gasteiger partial charge in [-0.25, -0.2) is 0 Å². The van der Waals surface area contributed by atoms with Gasteiger partial charge in [-0.2, -0.15) is 0 Å². The zero-order valence-electron chi connectivity index (χ0n) is 20.7. The van der Waals surface area contributed by atoms with Gasteiger partial charge < -0.3 is 28.3 Å². The minimum absolute atomic E-state index is 0.0574. The first-order valence-corrected chi connectivity index (χ1v) is 12.0. The van der Waals surface area contributed by atoms with Crippen LogP contribution in [0.1, 0.15) is 34.1 Å². The summed E-state index contributed by atoms with van der Waals surface area (Å²) in [5.74, 6) is 1.30. The Hall–Kier alpha value is -3.56. The quantitative estimate of drug-likeness (QED) is 0.472. The number of hydrogen-bond donors (Lipinski definition) is 0. The summed E-state index contributed by atoms with van der Waals surface area (Å²) in [6.07, 6.45) is 0.740. The fourth-order valence-corrected chi connectivity index (χ4v) is 5.10. The standard InChI is InChI=1S/C27H30N2O7/c1-32-17-8-9-18-21(16-17)36-26-22(24(18)30)23(19-6-4-7-20(33-2)25(19)34-3)29(27(26)31)11-5-10-28-12-14-35-15-13-28/h4,6-9,16,23H,5,10-15H2,1-3H3/t23-/m0/s1. The molecule has 3 heterocycles. The molecule has 0 bridgehead atoms. The number of hydrogen-bond acceptors (Lipinski definition) is 8. The van der Waals surface area contributed by atoms with Crippen molar-refractivity contribution in [3.05, 3.63) is 63.5 Å². The first-order chi connectivity index (χ1) is 17.6. The van der Waals surface area contributed by atoms with Crippen molar-refractivity contribution < 1.29 is 28.2 Å². The highest BCUT2D eigenvalue weighted by Gasteiger charge is 2.44. The van der Waals surface area contributed by atoms with E-state index in [0.717, 1.165) is 26.1 Å². The molecule has 1 amide bonds. The molecule has 0 saturated carbocycles. The minimum Gasteiger partial charge on any atom is -0.497 e. The van der Waals surface area contributed by atoms with E-state index in [1.165, 1.54) is 0 Å². The third-order valence-electron chi connectivity index (χ3n) is 6.88. The number of para-hydroxylation sites is 1. The molecule has 1 fully saturated rings. The van der Waals surface area contributed by atoms with Crippen molar-refractivity contribution >= 4 is 16.9 Å². The molecule has 1 aromatic heterocycles. The summed E-state index contributed by atoms with van der Waals surface area (Å²) >= 11 is 0. The van der Waals surface area contributed by atoms with E-state index >= 15 is 0 Å². The van der Waals surface area contributed by atoms with E-state index in [1.54, 1.807) is 50.5 Å². The highest BCUT2D eigenvalue weighted by atomic mass is 16.5. The summed E-state index contributed by atoms with van der Waals surface area (Å²) < 4.78 is 28.0. The SMILES string of the molecule is COc1ccc2c(=O)c3c(oc2c1)C(=O)N(CCCN1CCOCC1)[C@H]3c1cccc(OC)c1OC. The van der Waals surface area contributed by atoms with Crippen molar-refractivity contribution in [3.63, 3.8) is 0 Å². The van der Waals surface area contributed by atoms with Gasteiger partial charge in [0.2, 0.25) is 5.76 Å². The van der Waals surface area contributed by atoms with E-state index in [4.69, 9.17) is 23.4 Å². The van der Waals surface area contributed by atoms with Crippen molar-refractivity contribution in [2.75, 3.05) is 60.7 Å². The summed E-state index contributed by atoms with van der Waals surface area (Å²) in [7, 11) is 4.65. The van der Waals surface area contributed by atoms with Gasteiger partial charge in [0.15, 0.2) is 16.9 Å². The van der Waals surface area contributed by atoms with Crippen LogP contribution in [-0.2, 0) is 4.74 Å². The third kappa shape index (κ3) is 4.18. The van der Waals surface area contributed by atoms with Crippen LogP contribution in [0, 0.1) is 0 Å². The molecule has 0 spiro atoms. The maximum atomic E-state index is 13.8. The summed E-state index contributed by atoms with van der Waals surface area (Å²) in [5.41, 5.74) is 1.07. The Kier molecular flexibility index (Phi) is 6.84. The Balaban J connectivity index is 1.60. The molecule has 2 aromatic carbocycles. The van der Waals surface area contributed by atoms with Gasteiger partial charge in [0.25, 0.3) is 5.91 Å². The molecule has 9 nitrogen and oxygen atoms in total. The minimum atomic E-state index is -0.662. The van der Waals surface area contributed by atoms with Gasteiger partial charge in [-0.3, -0.25) is 14.5 Å². The molecule has 5 rings (SSSR count). The molecule has 2 aliphatic heterocycles. The maximum Gasteiger partial charge on any atom is 0.290 e. The van der Waals surface area contributed by atoms with Crippen molar-refractivity contribution in [1.29, 1.82) is 0 Å². The Bertz CT molecular complexity index is 1330. The number of carbonyl (C=O) groups is 1. The summed E-state index contributed by atoms with van der Waals surface area (Å²) in [4.78, 5) is 31.6. The highest BCUT2D eigenvalue weighted by molar-refractivity contribution is 5.99. The lowest BCUT2D eigenvalue weighted by molar-refractivity contribution is 0.0353. The van der Waals surface area contributed by atoms with Crippen molar-refractivity contribution in [1.82, 2.24) is 9.80 Å². The summed E-state index contributed by atoms with van der Waals surface area (Å²) in [5, 5.41) is 0.393. The first kappa shape index (κ1) is 24.1. The number of morpholine rings is 1. The smallest absolute Gasteiger partial charge is 0.290 e. The predicted molar refractivity (Wildman–Crippen MR) is 133 cm³/mol. The van der Waals surface area contributed by atoms with Crippen LogP contribution in [0.3, 0.4) is 0 Å². The first-order valence-electron chi connectivity index (χ1n) is 12.0. The molecule has 0 N–H and O–H groups in total. The summed E-state index contributed by atoms with van der Waals surface area (Å²) in [6.45, 7) is 4.44. The normalized spacial score (nSPS) is 17.9. The second-order valence-electron chi connectivity index (χ2n) is 8.83. The third-order valence-corrected chi connectivity index (χ3v) is 6.88. The molecular formula is C27H30N2O7. The number of carbonyl (C=O) groups excluding carboxylic acids is 1. The number of methoxy groups -OCH3 is 3. The molecule has 1 saturated heterocycles. The molecule has 3 aromatic rings. The zero-order valence-corrected chi connectivity index (χ0v) is 20.7. The average molecular weight is 495 g/mol. The van der Waals surface area contributed by atoms with Crippen LogP contribution >= 0.6 is 0 Å². The number of benzene rings is 2. The molecule has 0 radical (unpaired) electrons. The second kappa shape index (κ2) is 10.2. The Morgan fingerprint density at radius 3 is 2.50 bits per heavy atom. The number of rotatable bonds is 8. The van der Waals surface area contributed by atoms with E-state index < -0.39 is 6.04 Å². The van der Waals surface area contributed by atoms with Gasteiger partial charge in [-0.05, 0) is 24.6 Å². The van der Waals surface area contributed by atoms with Gasteiger partial charge in [0, 0.05) is 37.8 Å². The van der Waals surface area contributed by atoms with Crippen LogP contribution in [0.4, 0.5) is 0 Å². The van der Waals surface area contributed by atoms with Crippen LogP contribution in [-0.4, -0.2) is 76.4 Å². The summed E-state index contributed by atoms with van der Waals surface area (Å²) in [6, 6.07) is 9.84. The van der Waals surface area contributed by atoms with Crippen molar-refractivity contribution in [2.24, 2.45) is 0 Å². The molecule has 0 aliphatic carbocycles. The molecular weight excluding hydrogens is 464 g/mol. The molecule has 2 aliphatic rings. The number of nitrogens with zero attached hydrogens (tertiary/aromatic N) is 2. The molecule has 9 heteroatoms. The molecule has 1 atom stereocenters. The number of fused-ring (bicyclic) bond motifs is 2. The van der Waals surface area contributed by atoms with Crippen LogP contribution in [0.15, 0.2) is 45.6 Å². The van der Waals surface area contributed by atoms with Gasteiger partial charge in [0.05, 0.1) is 51.5 Å². The fraction of sp³-hybridized carbons (Fsp3) is 0.407. The van der Waals surface area contributed by atoms with Crippen molar-refractivity contribution in [2.45, 2.75) is 12.5 Å². The fourth-order valence-electron chi connectivity index (χ4n) is 5.10. The van der Waals surface area contributed by atoms with Crippen LogP contribution < -0.4 is 19.6 Å². The van der Waals surface area contributed by atoms with Gasteiger partial charge in [-0.1, -0.05) is 12.1 Å². The van der Waals surface area contributed by atoms with E-state index in [1.807, 2.05) is 12.1 Å². The van der Waals surface area contributed by atoms with E-state index in [-0.39, 0.29) is 17.1 Å². The van der Waals surface area contributed by atoms with Gasteiger partial charge >= 0.3 is 0 Å². The number of ether oxygens (including phenoxy) is 4. The maximum absolute atomic E-state index is 13.8. The van der Waals surface area contributed by atoms with E-state index in [9.17, 15) is 9.59 Å². The topological polar surface area (TPSA) is 90.7 Å². The van der Waals surface area contributed by atoms with Crippen LogP contribution in [0.5, 0.6) is 17.2 Å². The lowest BCUT2D eigenvalue weighted by Crippen LogP contribution is -2.39. The zero-order chi connectivity index (χ0) is 25.2. The molecule has 190 valence electrons.